The van der Waals surface area contributed by atoms with Gasteiger partial charge in [-0.2, -0.15) is 0 Å². The number of hydrogen-bond acceptors (Lipinski definition) is 2. The van der Waals surface area contributed by atoms with Crippen molar-refractivity contribution in [2.45, 2.75) is 38.1 Å². The van der Waals surface area contributed by atoms with Crippen LogP contribution < -0.4 is 5.73 Å². The number of anilines is 1. The largest absolute Gasteiger partial charge is 0.399 e. The van der Waals surface area contributed by atoms with Gasteiger partial charge in [-0.05, 0) is 68.5 Å². The van der Waals surface area contributed by atoms with Gasteiger partial charge in [0.05, 0.1) is 0 Å². The van der Waals surface area contributed by atoms with Crippen molar-refractivity contribution in [1.82, 2.24) is 4.90 Å². The monoisotopic (exact) mass is 216 g/mol. The second-order valence-corrected chi connectivity index (χ2v) is 5.17. The van der Waals surface area contributed by atoms with Crippen LogP contribution in [0.1, 0.15) is 30.4 Å². The molecule has 1 unspecified atom stereocenters. The molecular weight excluding hydrogens is 196 g/mol. The average molecular weight is 216 g/mol. The summed E-state index contributed by atoms with van der Waals surface area (Å²) in [5.74, 6) is 0. The van der Waals surface area contributed by atoms with Crippen LogP contribution >= 0.6 is 0 Å². The number of likely N-dealkylation sites (tertiary alicyclic amines) is 1. The third kappa shape index (κ3) is 1.82. The van der Waals surface area contributed by atoms with Gasteiger partial charge in [0.1, 0.15) is 0 Å². The highest BCUT2D eigenvalue weighted by molar-refractivity contribution is 5.46. The summed E-state index contributed by atoms with van der Waals surface area (Å²) < 4.78 is 0. The van der Waals surface area contributed by atoms with Crippen LogP contribution in [0.4, 0.5) is 5.69 Å². The van der Waals surface area contributed by atoms with Gasteiger partial charge in [0.2, 0.25) is 0 Å². The molecule has 1 atom stereocenters. The van der Waals surface area contributed by atoms with E-state index in [0.717, 1.165) is 11.7 Å². The minimum atomic E-state index is 0.790. The maximum absolute atomic E-state index is 5.83. The first-order valence-corrected chi connectivity index (χ1v) is 6.44. The first-order chi connectivity index (χ1) is 7.83. The van der Waals surface area contributed by atoms with E-state index in [9.17, 15) is 0 Å². The van der Waals surface area contributed by atoms with Crippen LogP contribution in [-0.2, 0) is 12.8 Å². The first-order valence-electron chi connectivity index (χ1n) is 6.44. The molecule has 0 amide bonds. The van der Waals surface area contributed by atoms with Crippen molar-refractivity contribution >= 4 is 5.69 Å². The molecule has 2 aliphatic rings. The smallest absolute Gasteiger partial charge is 0.0316 e. The van der Waals surface area contributed by atoms with Gasteiger partial charge in [0, 0.05) is 11.7 Å². The highest BCUT2D eigenvalue weighted by atomic mass is 15.2. The zero-order chi connectivity index (χ0) is 11.0. The van der Waals surface area contributed by atoms with Gasteiger partial charge >= 0.3 is 0 Å². The van der Waals surface area contributed by atoms with E-state index in [1.54, 1.807) is 0 Å². The Morgan fingerprint density at radius 2 is 1.94 bits per heavy atom. The molecule has 0 spiro atoms. The molecule has 0 saturated carbocycles. The minimum absolute atomic E-state index is 0.790. The van der Waals surface area contributed by atoms with Crippen LogP contribution in [0, 0.1) is 0 Å². The van der Waals surface area contributed by atoms with Crippen molar-refractivity contribution in [3.05, 3.63) is 29.3 Å². The summed E-state index contributed by atoms with van der Waals surface area (Å²) in [6.45, 7) is 2.63. The van der Waals surface area contributed by atoms with Crippen LogP contribution in [0.25, 0.3) is 0 Å². The van der Waals surface area contributed by atoms with E-state index in [1.807, 2.05) is 6.07 Å². The number of aryl methyl sites for hydroxylation is 1. The minimum Gasteiger partial charge on any atom is -0.399 e. The molecule has 2 N–H and O–H groups in total. The molecule has 0 aromatic heterocycles. The Morgan fingerprint density at radius 1 is 1.12 bits per heavy atom. The van der Waals surface area contributed by atoms with Gasteiger partial charge in [-0.1, -0.05) is 6.07 Å². The van der Waals surface area contributed by atoms with Crippen molar-refractivity contribution in [2.75, 3.05) is 18.8 Å². The molecule has 1 aliphatic heterocycles. The van der Waals surface area contributed by atoms with Gasteiger partial charge < -0.3 is 10.6 Å². The number of nitrogens with two attached hydrogens (primary N) is 1. The van der Waals surface area contributed by atoms with Crippen LogP contribution in [-0.4, -0.2) is 24.0 Å². The Morgan fingerprint density at radius 3 is 2.75 bits per heavy atom. The fraction of sp³-hybridized carbons (Fsp3) is 0.571. The third-order valence-electron chi connectivity index (χ3n) is 4.09. The lowest BCUT2D eigenvalue weighted by molar-refractivity contribution is 0.222. The number of rotatable bonds is 1. The predicted molar refractivity (Wildman–Crippen MR) is 67.5 cm³/mol. The van der Waals surface area contributed by atoms with Gasteiger partial charge in [-0.3, -0.25) is 0 Å². The zero-order valence-corrected chi connectivity index (χ0v) is 9.78. The van der Waals surface area contributed by atoms with Crippen molar-refractivity contribution in [1.29, 1.82) is 0 Å². The summed E-state index contributed by atoms with van der Waals surface area (Å²) in [4.78, 5) is 2.68. The van der Waals surface area contributed by atoms with E-state index in [0.29, 0.717) is 0 Å². The maximum atomic E-state index is 5.83. The standard InChI is InChI=1S/C14H20N2/c15-13-5-3-12-10-14(6-4-11(12)9-13)16-7-1-2-8-16/h3,5,9,14H,1-2,4,6-8,10,15H2. The van der Waals surface area contributed by atoms with Crippen LogP contribution in [0.15, 0.2) is 18.2 Å². The maximum Gasteiger partial charge on any atom is 0.0316 e. The summed E-state index contributed by atoms with van der Waals surface area (Å²) >= 11 is 0. The summed E-state index contributed by atoms with van der Waals surface area (Å²) in [5.41, 5.74) is 9.75. The SMILES string of the molecule is Nc1ccc2c(c1)CCC(N1CCCC1)C2. The highest BCUT2D eigenvalue weighted by Gasteiger charge is 2.25. The van der Waals surface area contributed by atoms with Crippen LogP contribution in [0.2, 0.25) is 0 Å². The van der Waals surface area contributed by atoms with Gasteiger partial charge in [0.25, 0.3) is 0 Å². The van der Waals surface area contributed by atoms with Crippen molar-refractivity contribution in [3.63, 3.8) is 0 Å². The van der Waals surface area contributed by atoms with E-state index in [4.69, 9.17) is 5.73 Å². The van der Waals surface area contributed by atoms with Gasteiger partial charge in [-0.15, -0.1) is 0 Å². The first kappa shape index (κ1) is 10.2. The Labute approximate surface area is 97.4 Å². The molecule has 0 radical (unpaired) electrons. The molecular formula is C14H20N2. The van der Waals surface area contributed by atoms with E-state index >= 15 is 0 Å². The van der Waals surface area contributed by atoms with Gasteiger partial charge in [0.15, 0.2) is 0 Å². The average Bonchev–Trinajstić information content (AvgIpc) is 2.82. The van der Waals surface area contributed by atoms with E-state index < -0.39 is 0 Å². The number of benzene rings is 1. The molecule has 1 aromatic rings. The van der Waals surface area contributed by atoms with E-state index in [-0.39, 0.29) is 0 Å². The highest BCUT2D eigenvalue weighted by Crippen LogP contribution is 2.27. The Kier molecular flexibility index (Phi) is 2.60. The topological polar surface area (TPSA) is 29.3 Å². The fourth-order valence-electron chi connectivity index (χ4n) is 3.17. The fourth-order valence-corrected chi connectivity index (χ4v) is 3.17. The molecule has 1 aliphatic carbocycles. The Hall–Kier alpha value is -1.02. The molecule has 2 nitrogen and oxygen atoms in total. The lowest BCUT2D eigenvalue weighted by Gasteiger charge is -2.32. The third-order valence-corrected chi connectivity index (χ3v) is 4.09. The number of nitrogen functional groups attached to an aromatic ring is 1. The van der Waals surface area contributed by atoms with E-state index in [2.05, 4.69) is 17.0 Å². The molecule has 16 heavy (non-hydrogen) atoms. The number of fused-ring (bicyclic) bond motifs is 1. The molecule has 2 heteroatoms. The normalized spacial score (nSPS) is 25.6. The predicted octanol–water partition coefficient (Wildman–Crippen LogP) is 2.22. The van der Waals surface area contributed by atoms with Crippen LogP contribution in [0.5, 0.6) is 0 Å². The van der Waals surface area contributed by atoms with Crippen LogP contribution in [0.3, 0.4) is 0 Å². The second-order valence-electron chi connectivity index (χ2n) is 5.17. The summed E-state index contributed by atoms with van der Waals surface area (Å²) in [6, 6.07) is 7.23. The molecule has 1 saturated heterocycles. The Bertz CT molecular complexity index is 380. The molecule has 86 valence electrons. The molecule has 0 bridgehead atoms. The van der Waals surface area contributed by atoms with Gasteiger partial charge in [-0.25, -0.2) is 0 Å². The lowest BCUT2D eigenvalue weighted by Crippen LogP contribution is -2.37. The summed E-state index contributed by atoms with van der Waals surface area (Å²) in [7, 11) is 0. The number of hydrogen-bond donors (Lipinski definition) is 1. The van der Waals surface area contributed by atoms with Crippen molar-refractivity contribution < 1.29 is 0 Å². The Balaban J connectivity index is 1.78. The quantitative estimate of drug-likeness (QED) is 0.729. The van der Waals surface area contributed by atoms with Crippen molar-refractivity contribution in [3.8, 4) is 0 Å². The van der Waals surface area contributed by atoms with Crippen molar-refractivity contribution in [2.24, 2.45) is 0 Å². The summed E-state index contributed by atoms with van der Waals surface area (Å²) in [6.07, 6.45) is 6.55. The molecule has 3 rings (SSSR count). The molecule has 1 fully saturated rings. The zero-order valence-electron chi connectivity index (χ0n) is 9.78. The lowest BCUT2D eigenvalue weighted by atomic mass is 9.87. The molecule has 1 heterocycles. The number of nitrogens with zero attached hydrogens (tertiary/aromatic N) is 1. The summed E-state index contributed by atoms with van der Waals surface area (Å²) in [5, 5.41) is 0. The molecule has 1 aromatic carbocycles. The van der Waals surface area contributed by atoms with E-state index in [1.165, 1.54) is 56.3 Å². The second kappa shape index (κ2) is 4.10.